The van der Waals surface area contributed by atoms with Gasteiger partial charge in [0.2, 0.25) is 5.91 Å². The molecule has 7 nitrogen and oxygen atoms in total. The minimum absolute atomic E-state index is 0.131. The summed E-state index contributed by atoms with van der Waals surface area (Å²) >= 11 is 0. The summed E-state index contributed by atoms with van der Waals surface area (Å²) < 4.78 is 4.96. The van der Waals surface area contributed by atoms with Gasteiger partial charge in [0.1, 0.15) is 6.04 Å². The summed E-state index contributed by atoms with van der Waals surface area (Å²) in [5.74, 6) is -0.998. The Morgan fingerprint density at radius 2 is 1.87 bits per heavy atom. The molecule has 0 spiro atoms. The van der Waals surface area contributed by atoms with Gasteiger partial charge in [-0.1, -0.05) is 6.07 Å². The maximum absolute atomic E-state index is 12.1. The van der Waals surface area contributed by atoms with Crippen LogP contribution < -0.4 is 16.0 Å². The summed E-state index contributed by atoms with van der Waals surface area (Å²) in [6.45, 7) is 1.55. The largest absolute Gasteiger partial charge is 0.459 e. The summed E-state index contributed by atoms with van der Waals surface area (Å²) in [4.78, 5) is 35.5. The average molecular weight is 315 g/mol. The van der Waals surface area contributed by atoms with E-state index in [-0.39, 0.29) is 11.7 Å². The van der Waals surface area contributed by atoms with E-state index in [0.717, 1.165) is 0 Å². The molecule has 0 aliphatic heterocycles. The monoisotopic (exact) mass is 315 g/mol. The fraction of sp³-hybridized carbons (Fsp3) is 0.188. The smallest absolute Gasteiger partial charge is 0.287 e. The highest BCUT2D eigenvalue weighted by Crippen LogP contribution is 2.11. The molecule has 0 aliphatic carbocycles. The third-order valence-corrected chi connectivity index (χ3v) is 3.11. The fourth-order valence-corrected chi connectivity index (χ4v) is 1.87. The number of carbonyl (C=O) groups excluding carboxylic acids is 3. The quantitative estimate of drug-likeness (QED) is 0.776. The molecule has 2 rings (SSSR count). The first-order valence-corrected chi connectivity index (χ1v) is 6.98. The summed E-state index contributed by atoms with van der Waals surface area (Å²) in [6.07, 6.45) is 1.38. The highest BCUT2D eigenvalue weighted by molar-refractivity contribution is 6.01. The number of benzene rings is 1. The molecule has 120 valence electrons. The number of hydrogen-bond acceptors (Lipinski definition) is 4. The topological polar surface area (TPSA) is 100 Å². The molecular weight excluding hydrogens is 298 g/mol. The van der Waals surface area contributed by atoms with Crippen molar-refractivity contribution in [1.82, 2.24) is 10.6 Å². The number of amides is 3. The standard InChI is InChI=1S/C16H17N3O4/c1-10(18-16(22)13-7-4-8-23-13)14(20)19-12-6-3-5-11(9-12)15(21)17-2/h3-10H,1-2H3,(H,17,21)(H,18,22)(H,19,20). The van der Waals surface area contributed by atoms with Gasteiger partial charge in [-0.25, -0.2) is 0 Å². The van der Waals surface area contributed by atoms with Crippen LogP contribution in [0.15, 0.2) is 47.1 Å². The molecule has 1 aromatic carbocycles. The second-order valence-electron chi connectivity index (χ2n) is 4.82. The van der Waals surface area contributed by atoms with Crippen LogP contribution in [0, 0.1) is 0 Å². The molecule has 1 heterocycles. The number of anilines is 1. The van der Waals surface area contributed by atoms with E-state index in [0.29, 0.717) is 11.3 Å². The van der Waals surface area contributed by atoms with Crippen LogP contribution in [0.2, 0.25) is 0 Å². The Hall–Kier alpha value is -3.09. The SMILES string of the molecule is CNC(=O)c1cccc(NC(=O)C(C)NC(=O)c2ccco2)c1. The van der Waals surface area contributed by atoms with Gasteiger partial charge < -0.3 is 20.4 Å². The predicted octanol–water partition coefficient (Wildman–Crippen LogP) is 1.40. The molecule has 0 fully saturated rings. The number of hydrogen-bond donors (Lipinski definition) is 3. The summed E-state index contributed by atoms with van der Waals surface area (Å²) in [7, 11) is 1.53. The van der Waals surface area contributed by atoms with Gasteiger partial charge in [0.05, 0.1) is 6.26 Å². The number of furan rings is 1. The van der Waals surface area contributed by atoms with Gasteiger partial charge in [0, 0.05) is 18.3 Å². The third-order valence-electron chi connectivity index (χ3n) is 3.11. The zero-order valence-electron chi connectivity index (χ0n) is 12.8. The molecule has 0 saturated heterocycles. The Kier molecular flexibility index (Phi) is 5.14. The second kappa shape index (κ2) is 7.26. The molecule has 0 radical (unpaired) electrons. The first-order chi connectivity index (χ1) is 11.0. The highest BCUT2D eigenvalue weighted by atomic mass is 16.3. The summed E-state index contributed by atoms with van der Waals surface area (Å²) in [5, 5.41) is 7.68. The van der Waals surface area contributed by atoms with Crippen molar-refractivity contribution in [3.63, 3.8) is 0 Å². The summed E-state index contributed by atoms with van der Waals surface area (Å²) in [6, 6.07) is 8.83. The van der Waals surface area contributed by atoms with Crippen LogP contribution >= 0.6 is 0 Å². The number of nitrogens with one attached hydrogen (secondary N) is 3. The van der Waals surface area contributed by atoms with Crippen molar-refractivity contribution in [1.29, 1.82) is 0 Å². The van der Waals surface area contributed by atoms with Crippen LogP contribution in [0.3, 0.4) is 0 Å². The fourth-order valence-electron chi connectivity index (χ4n) is 1.87. The first-order valence-electron chi connectivity index (χ1n) is 6.98. The van der Waals surface area contributed by atoms with Crippen LogP contribution in [-0.2, 0) is 4.79 Å². The lowest BCUT2D eigenvalue weighted by molar-refractivity contribution is -0.117. The molecule has 2 aromatic rings. The molecule has 0 aliphatic rings. The molecular formula is C16H17N3O4. The van der Waals surface area contributed by atoms with Gasteiger partial charge in [0.25, 0.3) is 11.8 Å². The van der Waals surface area contributed by atoms with Crippen LogP contribution in [0.25, 0.3) is 0 Å². The average Bonchev–Trinajstić information content (AvgIpc) is 3.08. The van der Waals surface area contributed by atoms with Gasteiger partial charge >= 0.3 is 0 Å². The predicted molar refractivity (Wildman–Crippen MR) is 84.1 cm³/mol. The van der Waals surface area contributed by atoms with Crippen molar-refractivity contribution in [3.8, 4) is 0 Å². The normalized spacial score (nSPS) is 11.4. The van der Waals surface area contributed by atoms with Crippen LogP contribution in [-0.4, -0.2) is 30.8 Å². The van der Waals surface area contributed by atoms with E-state index in [1.165, 1.54) is 19.4 Å². The van der Waals surface area contributed by atoms with Crippen LogP contribution in [0.4, 0.5) is 5.69 Å². The van der Waals surface area contributed by atoms with Gasteiger partial charge in [-0.05, 0) is 37.3 Å². The first kappa shape index (κ1) is 16.3. The molecule has 0 bridgehead atoms. The maximum Gasteiger partial charge on any atom is 0.287 e. The molecule has 0 saturated carbocycles. The number of carbonyl (C=O) groups is 3. The van der Waals surface area contributed by atoms with Crippen molar-refractivity contribution in [2.24, 2.45) is 0 Å². The lowest BCUT2D eigenvalue weighted by Gasteiger charge is -2.13. The Morgan fingerprint density at radius 3 is 2.52 bits per heavy atom. The van der Waals surface area contributed by atoms with Gasteiger partial charge in [-0.15, -0.1) is 0 Å². The van der Waals surface area contributed by atoms with Crippen molar-refractivity contribution in [2.45, 2.75) is 13.0 Å². The maximum atomic E-state index is 12.1. The highest BCUT2D eigenvalue weighted by Gasteiger charge is 2.18. The lowest BCUT2D eigenvalue weighted by Crippen LogP contribution is -2.41. The number of rotatable bonds is 5. The zero-order chi connectivity index (χ0) is 16.8. The Labute approximate surface area is 133 Å². The van der Waals surface area contributed by atoms with E-state index in [2.05, 4.69) is 16.0 Å². The third kappa shape index (κ3) is 4.19. The van der Waals surface area contributed by atoms with Gasteiger partial charge in [-0.3, -0.25) is 14.4 Å². The van der Waals surface area contributed by atoms with Crippen molar-refractivity contribution in [2.75, 3.05) is 12.4 Å². The van der Waals surface area contributed by atoms with Crippen molar-refractivity contribution < 1.29 is 18.8 Å². The van der Waals surface area contributed by atoms with E-state index < -0.39 is 17.9 Å². The summed E-state index contributed by atoms with van der Waals surface area (Å²) in [5.41, 5.74) is 0.896. The second-order valence-corrected chi connectivity index (χ2v) is 4.82. The molecule has 1 aromatic heterocycles. The Balaban J connectivity index is 1.98. The van der Waals surface area contributed by atoms with E-state index in [9.17, 15) is 14.4 Å². The molecule has 3 N–H and O–H groups in total. The Bertz CT molecular complexity index is 710. The molecule has 1 unspecified atom stereocenters. The Morgan fingerprint density at radius 1 is 1.09 bits per heavy atom. The van der Waals surface area contributed by atoms with E-state index in [1.54, 1.807) is 37.3 Å². The molecule has 23 heavy (non-hydrogen) atoms. The minimum Gasteiger partial charge on any atom is -0.459 e. The van der Waals surface area contributed by atoms with Crippen LogP contribution in [0.1, 0.15) is 27.8 Å². The van der Waals surface area contributed by atoms with Gasteiger partial charge in [-0.2, -0.15) is 0 Å². The van der Waals surface area contributed by atoms with Crippen molar-refractivity contribution >= 4 is 23.4 Å². The zero-order valence-corrected chi connectivity index (χ0v) is 12.8. The van der Waals surface area contributed by atoms with Gasteiger partial charge in [0.15, 0.2) is 5.76 Å². The minimum atomic E-state index is -0.767. The van der Waals surface area contributed by atoms with Crippen LogP contribution in [0.5, 0.6) is 0 Å². The molecule has 7 heteroatoms. The van der Waals surface area contributed by atoms with E-state index in [1.807, 2.05) is 0 Å². The molecule has 1 atom stereocenters. The van der Waals surface area contributed by atoms with E-state index >= 15 is 0 Å². The van der Waals surface area contributed by atoms with E-state index in [4.69, 9.17) is 4.42 Å². The van der Waals surface area contributed by atoms with Crippen molar-refractivity contribution in [3.05, 3.63) is 54.0 Å². The lowest BCUT2D eigenvalue weighted by atomic mass is 10.2. The molecule has 3 amide bonds.